The van der Waals surface area contributed by atoms with Crippen molar-refractivity contribution in [1.82, 2.24) is 30.0 Å². The first-order chi connectivity index (χ1) is 13.3. The summed E-state index contributed by atoms with van der Waals surface area (Å²) >= 11 is 0. The number of hydrogen-bond acceptors (Lipinski definition) is 5. The van der Waals surface area contributed by atoms with Crippen LogP contribution in [0.1, 0.15) is 49.2 Å². The van der Waals surface area contributed by atoms with E-state index in [2.05, 4.69) is 31.9 Å². The molecule has 0 radical (unpaired) electrons. The summed E-state index contributed by atoms with van der Waals surface area (Å²) in [4.78, 5) is 4.68. The Morgan fingerprint density at radius 1 is 1.15 bits per heavy atom. The Labute approximate surface area is 159 Å². The molecule has 2 fully saturated rings. The molecule has 2 heterocycles. The first-order valence-corrected chi connectivity index (χ1v) is 9.87. The average molecular weight is 370 g/mol. The van der Waals surface area contributed by atoms with Crippen molar-refractivity contribution in [3.05, 3.63) is 54.1 Å². The number of aromatic nitrogens is 4. The molecule has 1 atom stereocenters. The molecule has 1 aliphatic heterocycles. The van der Waals surface area contributed by atoms with Gasteiger partial charge in [-0.05, 0) is 29.3 Å². The molecule has 2 aromatic rings. The third-order valence-corrected chi connectivity index (χ3v) is 5.79. The van der Waals surface area contributed by atoms with E-state index in [1.165, 1.54) is 18.9 Å². The Morgan fingerprint density at radius 3 is 2.59 bits per heavy atom. The van der Waals surface area contributed by atoms with E-state index < -0.39 is 0 Å². The van der Waals surface area contributed by atoms with E-state index in [0.717, 1.165) is 51.4 Å². The lowest BCUT2D eigenvalue weighted by atomic mass is 10.0. The third-order valence-electron chi connectivity index (χ3n) is 5.79. The summed E-state index contributed by atoms with van der Waals surface area (Å²) in [5.74, 6) is 0.571. The van der Waals surface area contributed by atoms with Gasteiger partial charge in [0.15, 0.2) is 5.82 Å². The van der Waals surface area contributed by atoms with Crippen molar-refractivity contribution in [2.24, 2.45) is 0 Å². The number of rotatable bonds is 6. The minimum atomic E-state index is -0.257. The number of nitrogens with zero attached hydrogens (tertiary/aromatic N) is 6. The fraction of sp³-hybridized carbons (Fsp3) is 0.550. The van der Waals surface area contributed by atoms with Crippen LogP contribution >= 0.6 is 0 Å². The molecule has 1 aromatic heterocycles. The predicted molar refractivity (Wildman–Crippen MR) is 102 cm³/mol. The van der Waals surface area contributed by atoms with Crippen LogP contribution in [-0.2, 0) is 0 Å². The van der Waals surface area contributed by atoms with E-state index in [9.17, 15) is 4.39 Å². The summed E-state index contributed by atoms with van der Waals surface area (Å²) in [6.07, 6.45) is 6.53. The van der Waals surface area contributed by atoms with Gasteiger partial charge < -0.3 is 0 Å². The molecule has 2 aliphatic rings. The van der Waals surface area contributed by atoms with Crippen molar-refractivity contribution in [3.8, 4) is 0 Å². The molecule has 4 rings (SSSR count). The molecule has 7 heteroatoms. The van der Waals surface area contributed by atoms with Gasteiger partial charge in [-0.3, -0.25) is 9.80 Å². The van der Waals surface area contributed by atoms with Crippen molar-refractivity contribution in [1.29, 1.82) is 0 Å². The van der Waals surface area contributed by atoms with Gasteiger partial charge in [0.1, 0.15) is 11.9 Å². The number of halogens is 1. The van der Waals surface area contributed by atoms with E-state index in [4.69, 9.17) is 0 Å². The summed E-state index contributed by atoms with van der Waals surface area (Å²) in [6, 6.07) is 7.09. The van der Waals surface area contributed by atoms with Gasteiger partial charge in [-0.15, -0.1) is 11.7 Å². The molecule has 1 aliphatic carbocycles. The maximum absolute atomic E-state index is 14.8. The smallest absolute Gasteiger partial charge is 0.173 e. The van der Waals surface area contributed by atoms with Crippen LogP contribution in [0.5, 0.6) is 0 Å². The highest BCUT2D eigenvalue weighted by Crippen LogP contribution is 2.35. The standard InChI is InChI=1S/C20H27FN6/c1-2-11-25-12-14-26(15-13-25)19(17-9-5-6-10-18(17)21)20-22-23-24-27(20)16-7-3-4-8-16/h2,5-6,9-10,16,19H,1,3-4,7-8,11-15H2/t19-/m0/s1. The molecule has 0 N–H and O–H groups in total. The number of tetrazole rings is 1. The molecule has 1 aromatic carbocycles. The van der Waals surface area contributed by atoms with Crippen LogP contribution in [0.25, 0.3) is 0 Å². The average Bonchev–Trinajstić information content (AvgIpc) is 3.37. The van der Waals surface area contributed by atoms with E-state index in [1.807, 2.05) is 22.9 Å². The van der Waals surface area contributed by atoms with Gasteiger partial charge in [-0.2, -0.15) is 0 Å². The van der Waals surface area contributed by atoms with Gasteiger partial charge in [-0.25, -0.2) is 9.07 Å². The van der Waals surface area contributed by atoms with Crippen molar-refractivity contribution < 1.29 is 4.39 Å². The van der Waals surface area contributed by atoms with E-state index in [0.29, 0.717) is 11.6 Å². The fourth-order valence-corrected chi connectivity index (χ4v) is 4.37. The lowest BCUT2D eigenvalue weighted by molar-refractivity contribution is 0.110. The molecule has 0 bridgehead atoms. The summed E-state index contributed by atoms with van der Waals surface area (Å²) in [5, 5.41) is 12.6. The maximum atomic E-state index is 14.8. The van der Waals surface area contributed by atoms with Gasteiger partial charge >= 0.3 is 0 Å². The highest BCUT2D eigenvalue weighted by Gasteiger charge is 2.34. The minimum absolute atomic E-state index is 0.197. The van der Waals surface area contributed by atoms with Crippen LogP contribution in [0.2, 0.25) is 0 Å². The minimum Gasteiger partial charge on any atom is -0.297 e. The summed E-state index contributed by atoms with van der Waals surface area (Å²) < 4.78 is 16.7. The number of piperazine rings is 1. The molecule has 27 heavy (non-hydrogen) atoms. The molecule has 1 saturated carbocycles. The lowest BCUT2D eigenvalue weighted by Crippen LogP contribution is -2.48. The van der Waals surface area contributed by atoms with Gasteiger partial charge in [0.25, 0.3) is 0 Å². The Morgan fingerprint density at radius 2 is 1.89 bits per heavy atom. The number of hydrogen-bond donors (Lipinski definition) is 0. The molecule has 144 valence electrons. The maximum Gasteiger partial charge on any atom is 0.173 e. The second-order valence-electron chi connectivity index (χ2n) is 7.47. The van der Waals surface area contributed by atoms with Gasteiger partial charge in [0, 0.05) is 38.3 Å². The molecule has 0 spiro atoms. The molecular weight excluding hydrogens is 343 g/mol. The van der Waals surface area contributed by atoms with Crippen molar-refractivity contribution >= 4 is 0 Å². The van der Waals surface area contributed by atoms with Crippen molar-refractivity contribution in [3.63, 3.8) is 0 Å². The van der Waals surface area contributed by atoms with Crippen molar-refractivity contribution in [2.45, 2.75) is 37.8 Å². The van der Waals surface area contributed by atoms with Crippen molar-refractivity contribution in [2.75, 3.05) is 32.7 Å². The van der Waals surface area contributed by atoms with Crippen LogP contribution in [0.3, 0.4) is 0 Å². The zero-order chi connectivity index (χ0) is 18.6. The zero-order valence-electron chi connectivity index (χ0n) is 15.7. The molecule has 0 amide bonds. The molecule has 1 saturated heterocycles. The molecule has 6 nitrogen and oxygen atoms in total. The third kappa shape index (κ3) is 3.80. The largest absolute Gasteiger partial charge is 0.297 e. The quantitative estimate of drug-likeness (QED) is 0.732. The fourth-order valence-electron chi connectivity index (χ4n) is 4.37. The Kier molecular flexibility index (Phi) is 5.59. The highest BCUT2D eigenvalue weighted by atomic mass is 19.1. The van der Waals surface area contributed by atoms with Crippen LogP contribution < -0.4 is 0 Å². The van der Waals surface area contributed by atoms with E-state index >= 15 is 0 Å². The summed E-state index contributed by atoms with van der Waals surface area (Å²) in [7, 11) is 0. The Hall–Kier alpha value is -2.12. The van der Waals surface area contributed by atoms with Gasteiger partial charge in [0.05, 0.1) is 6.04 Å². The second kappa shape index (κ2) is 8.27. The SMILES string of the molecule is C=CCN1CCN([C@@H](c2ccccc2F)c2nnnn2C2CCCC2)CC1. The van der Waals surface area contributed by atoms with Crippen LogP contribution in [0, 0.1) is 5.82 Å². The van der Waals surface area contributed by atoms with Crippen LogP contribution in [0.4, 0.5) is 4.39 Å². The summed E-state index contributed by atoms with van der Waals surface area (Å²) in [5.41, 5.74) is 0.656. The van der Waals surface area contributed by atoms with Crippen LogP contribution in [0.15, 0.2) is 36.9 Å². The molecular formula is C20H27FN6. The first-order valence-electron chi connectivity index (χ1n) is 9.87. The highest BCUT2D eigenvalue weighted by molar-refractivity contribution is 5.27. The van der Waals surface area contributed by atoms with E-state index in [-0.39, 0.29) is 11.9 Å². The van der Waals surface area contributed by atoms with Gasteiger partial charge in [0.2, 0.25) is 0 Å². The normalized spacial score (nSPS) is 20.8. The first kappa shape index (κ1) is 18.3. The lowest BCUT2D eigenvalue weighted by Gasteiger charge is -2.38. The monoisotopic (exact) mass is 370 g/mol. The molecule has 0 unspecified atom stereocenters. The second-order valence-corrected chi connectivity index (χ2v) is 7.47. The van der Waals surface area contributed by atoms with Gasteiger partial charge in [-0.1, -0.05) is 37.1 Å². The zero-order valence-corrected chi connectivity index (χ0v) is 15.7. The number of benzene rings is 1. The van der Waals surface area contributed by atoms with Crippen LogP contribution in [-0.4, -0.2) is 62.7 Å². The Bertz CT molecular complexity index is 761. The van der Waals surface area contributed by atoms with E-state index in [1.54, 1.807) is 6.07 Å². The Balaban J connectivity index is 1.67. The summed E-state index contributed by atoms with van der Waals surface area (Å²) in [6.45, 7) is 8.28. The predicted octanol–water partition coefficient (Wildman–Crippen LogP) is 2.82. The topological polar surface area (TPSA) is 50.1 Å².